The average Bonchev–Trinajstić information content (AvgIpc) is 2.82. The number of nitrogens with zero attached hydrogens (tertiary/aromatic N) is 1. The molecule has 0 unspecified atom stereocenters. The van der Waals surface area contributed by atoms with Gasteiger partial charge in [0, 0.05) is 31.4 Å². The van der Waals surface area contributed by atoms with Gasteiger partial charge < -0.3 is 25.5 Å². The number of phenols is 1. The number of aromatic hydroxyl groups is 1. The fourth-order valence-corrected chi connectivity index (χ4v) is 5.39. The number of sulfonamides is 2. The van der Waals surface area contributed by atoms with E-state index in [2.05, 4.69) is 14.9 Å². The van der Waals surface area contributed by atoms with Crippen molar-refractivity contribution in [1.29, 1.82) is 0 Å². The molecular weight excluding hydrogens is 512 g/mol. The van der Waals surface area contributed by atoms with Crippen LogP contribution in [0.3, 0.4) is 0 Å². The molecule has 2 aromatic rings. The van der Waals surface area contributed by atoms with Crippen LogP contribution in [0.25, 0.3) is 0 Å². The number of phenolic OH excluding ortho intramolecular Hbond substituents is 1. The Labute approximate surface area is 210 Å². The molecule has 36 heavy (non-hydrogen) atoms. The van der Waals surface area contributed by atoms with Gasteiger partial charge in [-0.2, -0.15) is 4.72 Å². The largest absolute Gasteiger partial charge is 0.506 e. The number of aliphatic carboxylic acids is 1. The summed E-state index contributed by atoms with van der Waals surface area (Å²) in [6.07, 6.45) is 1.62. The fraction of sp³-hybridized carbons (Fsp3) is 0.409. The zero-order valence-corrected chi connectivity index (χ0v) is 21.2. The van der Waals surface area contributed by atoms with Crippen molar-refractivity contribution >= 4 is 37.4 Å². The highest BCUT2D eigenvalue weighted by molar-refractivity contribution is 7.92. The molecule has 12 nitrogen and oxygen atoms in total. The molecule has 1 saturated heterocycles. The van der Waals surface area contributed by atoms with Gasteiger partial charge in [-0.25, -0.2) is 16.8 Å². The lowest BCUT2D eigenvalue weighted by Gasteiger charge is -2.34. The van der Waals surface area contributed by atoms with Gasteiger partial charge in [-0.15, -0.1) is 0 Å². The van der Waals surface area contributed by atoms with E-state index in [-0.39, 0.29) is 28.9 Å². The molecule has 0 bridgehead atoms. The number of carboxylic acid groups (broad SMARTS) is 1. The summed E-state index contributed by atoms with van der Waals surface area (Å²) < 4.78 is 51.4. The molecule has 2 aromatic carbocycles. The first-order chi connectivity index (χ1) is 16.8. The Morgan fingerprint density at radius 3 is 2.31 bits per heavy atom. The number of piperidine rings is 1. The average molecular weight is 543 g/mol. The molecule has 1 aliphatic rings. The topological polar surface area (TPSA) is 185 Å². The SMILES string of the molecule is CS(=O)(=O)Nc1cc([C@@H](O)CNC2CCN(c3ccc(S(=O)(=O)NCC(=O)O)cc3)CC2)ccc1O. The van der Waals surface area contributed by atoms with Gasteiger partial charge in [0.15, 0.2) is 0 Å². The monoisotopic (exact) mass is 542 g/mol. The van der Waals surface area contributed by atoms with Crippen LogP contribution in [0.4, 0.5) is 11.4 Å². The molecule has 3 rings (SSSR count). The third kappa shape index (κ3) is 7.80. The maximum atomic E-state index is 12.1. The third-order valence-electron chi connectivity index (χ3n) is 5.72. The van der Waals surface area contributed by atoms with Crippen molar-refractivity contribution in [2.45, 2.75) is 29.9 Å². The Morgan fingerprint density at radius 1 is 1.08 bits per heavy atom. The molecule has 0 aromatic heterocycles. The lowest BCUT2D eigenvalue weighted by atomic mass is 10.0. The predicted molar refractivity (Wildman–Crippen MR) is 134 cm³/mol. The number of anilines is 2. The van der Waals surface area contributed by atoms with Gasteiger partial charge in [0.05, 0.1) is 22.9 Å². The zero-order valence-electron chi connectivity index (χ0n) is 19.6. The predicted octanol–water partition coefficient (Wildman–Crippen LogP) is 0.419. The number of aliphatic hydroxyl groups is 1. The summed E-state index contributed by atoms with van der Waals surface area (Å²) in [6.45, 7) is 0.964. The van der Waals surface area contributed by atoms with Crippen molar-refractivity contribution in [2.24, 2.45) is 0 Å². The number of hydrogen-bond acceptors (Lipinski definition) is 9. The molecule has 0 saturated carbocycles. The summed E-state index contributed by atoms with van der Waals surface area (Å²) in [5, 5.41) is 32.4. The number of nitrogens with one attached hydrogen (secondary N) is 3. The van der Waals surface area contributed by atoms with Gasteiger partial charge in [-0.3, -0.25) is 9.52 Å². The number of carbonyl (C=O) groups is 1. The molecule has 1 aliphatic heterocycles. The van der Waals surface area contributed by atoms with Crippen molar-refractivity contribution in [3.05, 3.63) is 48.0 Å². The van der Waals surface area contributed by atoms with Crippen molar-refractivity contribution in [2.75, 3.05) is 42.1 Å². The molecule has 0 aliphatic carbocycles. The van der Waals surface area contributed by atoms with E-state index in [1.165, 1.54) is 30.3 Å². The molecule has 1 fully saturated rings. The van der Waals surface area contributed by atoms with E-state index >= 15 is 0 Å². The van der Waals surface area contributed by atoms with Gasteiger partial charge in [-0.1, -0.05) is 6.07 Å². The van der Waals surface area contributed by atoms with E-state index in [1.807, 2.05) is 4.72 Å². The second kappa shape index (κ2) is 11.4. The molecular formula is C22H30N4O8S2. The molecule has 1 atom stereocenters. The Morgan fingerprint density at radius 2 is 1.72 bits per heavy atom. The maximum Gasteiger partial charge on any atom is 0.318 e. The Bertz CT molecular complexity index is 1280. The lowest BCUT2D eigenvalue weighted by molar-refractivity contribution is -0.135. The van der Waals surface area contributed by atoms with Crippen LogP contribution in [0.5, 0.6) is 5.75 Å². The van der Waals surface area contributed by atoms with Crippen molar-refractivity contribution < 1.29 is 36.9 Å². The van der Waals surface area contributed by atoms with Gasteiger partial charge in [0.1, 0.15) is 12.3 Å². The fourth-order valence-electron chi connectivity index (χ4n) is 3.86. The Balaban J connectivity index is 1.51. The summed E-state index contributed by atoms with van der Waals surface area (Å²) in [5.74, 6) is -1.50. The van der Waals surface area contributed by atoms with Crippen LogP contribution in [0.1, 0.15) is 24.5 Å². The van der Waals surface area contributed by atoms with Crippen LogP contribution in [0.2, 0.25) is 0 Å². The normalized spacial score (nSPS) is 16.0. The molecule has 0 radical (unpaired) electrons. The Kier molecular flexibility index (Phi) is 8.79. The molecule has 0 amide bonds. The van der Waals surface area contributed by atoms with Crippen LogP contribution in [-0.2, 0) is 24.8 Å². The lowest BCUT2D eigenvalue weighted by Crippen LogP contribution is -2.43. The standard InChI is InChI=1S/C22H30N4O8S2/c1-35(31,32)25-19-12-15(2-7-20(19)27)21(28)13-23-16-8-10-26(11-9-16)17-3-5-18(6-4-17)36(33,34)24-14-22(29)30/h2-7,12,16,21,23-25,27-28H,8-11,13-14H2,1H3,(H,29,30)/t21-/m0/s1. The number of aliphatic hydroxyl groups excluding tert-OH is 1. The minimum absolute atomic E-state index is 0.00107. The van der Waals surface area contributed by atoms with E-state index in [9.17, 15) is 31.8 Å². The first kappa shape index (κ1) is 27.7. The zero-order chi connectivity index (χ0) is 26.5. The number of benzene rings is 2. The van der Waals surface area contributed by atoms with Gasteiger partial charge in [-0.05, 0) is 54.8 Å². The number of hydrogen-bond donors (Lipinski definition) is 6. The van der Waals surface area contributed by atoms with E-state index in [0.29, 0.717) is 18.7 Å². The van der Waals surface area contributed by atoms with Gasteiger partial charge in [0.2, 0.25) is 20.0 Å². The van der Waals surface area contributed by atoms with E-state index in [4.69, 9.17) is 5.11 Å². The van der Waals surface area contributed by atoms with Crippen molar-refractivity contribution in [3.63, 3.8) is 0 Å². The van der Waals surface area contributed by atoms with E-state index < -0.39 is 38.7 Å². The summed E-state index contributed by atoms with van der Waals surface area (Å²) in [7, 11) is -7.48. The second-order valence-corrected chi connectivity index (χ2v) is 12.1. The van der Waals surface area contributed by atoms with Crippen LogP contribution in [0, 0.1) is 0 Å². The quantitative estimate of drug-likeness (QED) is 0.217. The van der Waals surface area contributed by atoms with Crippen LogP contribution >= 0.6 is 0 Å². The minimum Gasteiger partial charge on any atom is -0.506 e. The molecule has 198 valence electrons. The van der Waals surface area contributed by atoms with Crippen molar-refractivity contribution in [3.8, 4) is 5.75 Å². The third-order valence-corrected chi connectivity index (χ3v) is 7.73. The first-order valence-electron chi connectivity index (χ1n) is 11.1. The molecule has 6 N–H and O–H groups in total. The number of rotatable bonds is 11. The van der Waals surface area contributed by atoms with Crippen molar-refractivity contribution in [1.82, 2.24) is 10.0 Å². The summed E-state index contributed by atoms with van der Waals surface area (Å²) in [6, 6.07) is 10.6. The smallest absolute Gasteiger partial charge is 0.318 e. The second-order valence-electron chi connectivity index (χ2n) is 8.55. The highest BCUT2D eigenvalue weighted by atomic mass is 32.2. The van der Waals surface area contributed by atoms with Crippen LogP contribution < -0.4 is 19.7 Å². The highest BCUT2D eigenvalue weighted by Gasteiger charge is 2.22. The minimum atomic E-state index is -3.89. The van der Waals surface area contributed by atoms with Crippen LogP contribution in [-0.4, -0.2) is 76.6 Å². The highest BCUT2D eigenvalue weighted by Crippen LogP contribution is 2.28. The summed E-state index contributed by atoms with van der Waals surface area (Å²) >= 11 is 0. The summed E-state index contributed by atoms with van der Waals surface area (Å²) in [5.41, 5.74) is 1.30. The van der Waals surface area contributed by atoms with E-state index in [1.54, 1.807) is 12.1 Å². The summed E-state index contributed by atoms with van der Waals surface area (Å²) in [4.78, 5) is 12.7. The van der Waals surface area contributed by atoms with E-state index in [0.717, 1.165) is 24.8 Å². The van der Waals surface area contributed by atoms with Crippen LogP contribution in [0.15, 0.2) is 47.4 Å². The maximum absolute atomic E-state index is 12.1. The first-order valence-corrected chi connectivity index (χ1v) is 14.5. The molecule has 0 spiro atoms. The number of carboxylic acids is 1. The Hall–Kier alpha value is -2.91. The molecule has 1 heterocycles. The van der Waals surface area contributed by atoms with Gasteiger partial charge in [0.25, 0.3) is 0 Å². The van der Waals surface area contributed by atoms with Gasteiger partial charge >= 0.3 is 5.97 Å². The molecule has 14 heteroatoms.